The van der Waals surface area contributed by atoms with Crippen LogP contribution in [-0.4, -0.2) is 69.3 Å². The van der Waals surface area contributed by atoms with Crippen molar-refractivity contribution >= 4 is 81.5 Å². The van der Waals surface area contributed by atoms with Crippen molar-refractivity contribution in [2.75, 3.05) is 17.6 Å². The highest BCUT2D eigenvalue weighted by Gasteiger charge is 2.45. The molecule has 0 aromatic heterocycles. The Morgan fingerprint density at radius 2 is 1.69 bits per heavy atom. The maximum absolute atomic E-state index is 13.3. The first-order chi connectivity index (χ1) is 15.8. The molecule has 1 aliphatic rings. The predicted octanol–water partition coefficient (Wildman–Crippen LogP) is 4.30. The Morgan fingerprint density at radius 1 is 1.09 bits per heavy atom. The maximum Gasteiger partial charge on any atom is 0.508 e. The Morgan fingerprint density at radius 3 is 2.14 bits per heavy atom. The number of carbonyl (C=O) groups excluding carboxylic acids is 4. The number of alkyl carbamates (subject to hydrolysis) is 1. The lowest BCUT2D eigenvalue weighted by molar-refractivity contribution is -0.146. The Labute approximate surface area is 233 Å². The Balaban J connectivity index is 3.00. The zero-order valence-electron chi connectivity index (χ0n) is 20.4. The molecular weight excluding hydrogens is 642 g/mol. The number of amides is 2. The van der Waals surface area contributed by atoms with E-state index in [0.717, 1.165) is 0 Å². The summed E-state index contributed by atoms with van der Waals surface area (Å²) in [6.07, 6.45) is -2.08. The second kappa shape index (κ2) is 13.0. The Kier molecular flexibility index (Phi) is 12.0. The number of carbonyl (C=O) groups is 4. The van der Waals surface area contributed by atoms with Crippen LogP contribution >= 0.6 is 57.4 Å². The molecule has 10 nitrogen and oxygen atoms in total. The standard InChI is InChI=1S/C21H32Cl3IN2O8/c1-19(2,3)13(9-32-18(31)33-10-21(22,23)24)26-15(28)14(27-17(30)35-20(4,5)6)12-7-11(8-25)34-16(12)29/h11-14H,7-10H2,1-6H3,(H,26,28)(H,27,30)/t11-,12+,13-,14-/m1/s1. The quantitative estimate of drug-likeness (QED) is 0.169. The van der Waals surface area contributed by atoms with E-state index >= 15 is 0 Å². The van der Waals surface area contributed by atoms with E-state index in [1.54, 1.807) is 41.5 Å². The fourth-order valence-electron chi connectivity index (χ4n) is 2.93. The van der Waals surface area contributed by atoms with Crippen LogP contribution in [0.4, 0.5) is 9.59 Å². The molecular formula is C21H32Cl3IN2O8. The van der Waals surface area contributed by atoms with Crippen molar-refractivity contribution in [1.82, 2.24) is 10.6 Å². The number of hydrogen-bond acceptors (Lipinski definition) is 8. The first-order valence-electron chi connectivity index (χ1n) is 10.7. The van der Waals surface area contributed by atoms with E-state index in [1.165, 1.54) is 0 Å². The van der Waals surface area contributed by atoms with Crippen LogP contribution in [0.15, 0.2) is 0 Å². The second-order valence-corrected chi connectivity index (χ2v) is 13.5. The minimum absolute atomic E-state index is 0.246. The molecule has 0 saturated carbocycles. The topological polar surface area (TPSA) is 129 Å². The lowest BCUT2D eigenvalue weighted by Gasteiger charge is -2.33. The molecule has 0 aromatic rings. The summed E-state index contributed by atoms with van der Waals surface area (Å²) in [4.78, 5) is 50.1. The SMILES string of the molecule is CC(C)(C)OC(=O)N[C@@H](C(=O)N[C@H](COC(=O)OCC(Cl)(Cl)Cl)C(C)(C)C)[C@@H]1C[C@H](CI)OC1=O. The molecule has 4 atom stereocenters. The van der Waals surface area contributed by atoms with Gasteiger partial charge in [0.15, 0.2) is 0 Å². The van der Waals surface area contributed by atoms with E-state index in [2.05, 4.69) is 33.2 Å². The molecule has 1 fully saturated rings. The van der Waals surface area contributed by atoms with Crippen molar-refractivity contribution in [2.24, 2.45) is 11.3 Å². The van der Waals surface area contributed by atoms with Crippen LogP contribution < -0.4 is 10.6 Å². The van der Waals surface area contributed by atoms with Gasteiger partial charge in [0.05, 0.1) is 12.0 Å². The van der Waals surface area contributed by atoms with Gasteiger partial charge in [0.1, 0.15) is 31.0 Å². The van der Waals surface area contributed by atoms with E-state index in [0.29, 0.717) is 4.43 Å². The first kappa shape index (κ1) is 32.1. The van der Waals surface area contributed by atoms with Crippen LogP contribution in [0.2, 0.25) is 0 Å². The minimum atomic E-state index is -1.80. The zero-order chi connectivity index (χ0) is 27.2. The molecule has 0 unspecified atom stereocenters. The predicted molar refractivity (Wildman–Crippen MR) is 139 cm³/mol. The molecule has 0 bridgehead atoms. The fraction of sp³-hybridized carbons (Fsp3) is 0.810. The van der Waals surface area contributed by atoms with E-state index in [4.69, 9.17) is 53.8 Å². The third-order valence-electron chi connectivity index (χ3n) is 4.71. The van der Waals surface area contributed by atoms with Gasteiger partial charge < -0.3 is 29.6 Å². The molecule has 0 aliphatic carbocycles. The van der Waals surface area contributed by atoms with Crippen molar-refractivity contribution in [2.45, 2.75) is 75.5 Å². The summed E-state index contributed by atoms with van der Waals surface area (Å²) < 4.78 is 19.1. The van der Waals surface area contributed by atoms with Gasteiger partial charge in [-0.2, -0.15) is 0 Å². The number of esters is 1. The monoisotopic (exact) mass is 672 g/mol. The second-order valence-electron chi connectivity index (χ2n) is 10.1. The van der Waals surface area contributed by atoms with Crippen molar-refractivity contribution in [1.29, 1.82) is 0 Å². The van der Waals surface area contributed by atoms with Gasteiger partial charge in [-0.1, -0.05) is 78.2 Å². The van der Waals surface area contributed by atoms with Gasteiger partial charge in [-0.05, 0) is 26.2 Å². The molecule has 1 rings (SSSR count). The number of alkyl halides is 4. The highest BCUT2D eigenvalue weighted by Crippen LogP contribution is 2.28. The average Bonchev–Trinajstić information content (AvgIpc) is 3.05. The lowest BCUT2D eigenvalue weighted by Crippen LogP contribution is -2.57. The lowest BCUT2D eigenvalue weighted by atomic mass is 9.86. The third kappa shape index (κ3) is 12.2. The van der Waals surface area contributed by atoms with Crippen LogP contribution in [0.5, 0.6) is 0 Å². The van der Waals surface area contributed by atoms with Crippen LogP contribution in [0.3, 0.4) is 0 Å². The minimum Gasteiger partial charge on any atom is -0.461 e. The summed E-state index contributed by atoms with van der Waals surface area (Å²) in [5.74, 6) is -2.18. The number of cyclic esters (lactones) is 1. The van der Waals surface area contributed by atoms with Gasteiger partial charge >= 0.3 is 18.2 Å². The van der Waals surface area contributed by atoms with E-state index in [9.17, 15) is 19.2 Å². The number of halogens is 4. The fourth-order valence-corrected chi connectivity index (χ4v) is 3.64. The number of nitrogens with one attached hydrogen (secondary N) is 2. The van der Waals surface area contributed by atoms with Gasteiger partial charge in [0.2, 0.25) is 9.70 Å². The molecule has 35 heavy (non-hydrogen) atoms. The number of ether oxygens (including phenoxy) is 4. The van der Waals surface area contributed by atoms with Crippen LogP contribution in [0.1, 0.15) is 48.0 Å². The summed E-state index contributed by atoms with van der Waals surface area (Å²) in [6.45, 7) is 9.64. The summed E-state index contributed by atoms with van der Waals surface area (Å²) in [7, 11) is 0. The highest BCUT2D eigenvalue weighted by atomic mass is 127. The molecule has 1 saturated heterocycles. The Hall–Kier alpha value is -0.920. The number of rotatable bonds is 8. The summed E-state index contributed by atoms with van der Waals surface area (Å²) in [5.41, 5.74) is -1.41. The molecule has 0 spiro atoms. The summed E-state index contributed by atoms with van der Waals surface area (Å²) in [5, 5.41) is 5.25. The van der Waals surface area contributed by atoms with Gasteiger partial charge in [0, 0.05) is 10.8 Å². The normalized spacial score (nSPS) is 20.3. The van der Waals surface area contributed by atoms with E-state index in [1.807, 2.05) is 0 Å². The maximum atomic E-state index is 13.3. The Bertz CT molecular complexity index is 780. The largest absolute Gasteiger partial charge is 0.508 e. The molecule has 1 heterocycles. The number of hydrogen-bond donors (Lipinski definition) is 2. The first-order valence-corrected chi connectivity index (χ1v) is 13.4. The van der Waals surface area contributed by atoms with Gasteiger partial charge in [0.25, 0.3) is 0 Å². The van der Waals surface area contributed by atoms with Crippen LogP contribution in [0, 0.1) is 11.3 Å². The molecule has 14 heteroatoms. The van der Waals surface area contributed by atoms with Crippen LogP contribution in [-0.2, 0) is 28.5 Å². The average molecular weight is 674 g/mol. The van der Waals surface area contributed by atoms with E-state index in [-0.39, 0.29) is 19.1 Å². The molecule has 2 amide bonds. The smallest absolute Gasteiger partial charge is 0.461 e. The molecule has 1 aliphatic heterocycles. The molecule has 2 N–H and O–H groups in total. The highest BCUT2D eigenvalue weighted by molar-refractivity contribution is 14.1. The van der Waals surface area contributed by atoms with Crippen molar-refractivity contribution < 1.29 is 38.1 Å². The van der Waals surface area contributed by atoms with E-state index < -0.39 is 63.5 Å². The summed E-state index contributed by atoms with van der Waals surface area (Å²) in [6, 6.07) is -2.00. The van der Waals surface area contributed by atoms with Crippen molar-refractivity contribution in [3.63, 3.8) is 0 Å². The van der Waals surface area contributed by atoms with Gasteiger partial charge in [-0.3, -0.25) is 9.59 Å². The van der Waals surface area contributed by atoms with Crippen molar-refractivity contribution in [3.8, 4) is 0 Å². The van der Waals surface area contributed by atoms with Crippen LogP contribution in [0.25, 0.3) is 0 Å². The summed E-state index contributed by atoms with van der Waals surface area (Å²) >= 11 is 18.7. The zero-order valence-corrected chi connectivity index (χ0v) is 24.8. The third-order valence-corrected chi connectivity index (χ3v) is 6.02. The van der Waals surface area contributed by atoms with Crippen molar-refractivity contribution in [3.05, 3.63) is 0 Å². The molecule has 0 aromatic carbocycles. The van der Waals surface area contributed by atoms with Gasteiger partial charge in [-0.15, -0.1) is 0 Å². The molecule has 202 valence electrons. The van der Waals surface area contributed by atoms with Gasteiger partial charge in [-0.25, -0.2) is 9.59 Å². The molecule has 0 radical (unpaired) electrons.